The van der Waals surface area contributed by atoms with E-state index < -0.39 is 10.0 Å². The standard InChI is InChI=1S/C20H30N6O6S/c1-20(5-6-20)32-19(27)24-7-3-15(4-8-24)14-31-18-12-21-16(11-22-18)26-10-9-25(33(2,29)30)13-17(26)23-28/h11-12,15,28H,3-10,13-14H2,1-2H3/b23-17+. The summed E-state index contributed by atoms with van der Waals surface area (Å²) in [6.45, 7) is 4.24. The van der Waals surface area contributed by atoms with Gasteiger partial charge in [-0.15, -0.1) is 0 Å². The van der Waals surface area contributed by atoms with E-state index in [0.717, 1.165) is 31.9 Å². The second-order valence-corrected chi connectivity index (χ2v) is 11.0. The van der Waals surface area contributed by atoms with Gasteiger partial charge in [0.2, 0.25) is 15.9 Å². The second-order valence-electron chi connectivity index (χ2n) is 9.04. The summed E-state index contributed by atoms with van der Waals surface area (Å²) in [5.74, 6) is 1.30. The SMILES string of the molecule is CC1(OC(=O)N2CCC(COc3cnc(N4CCN(S(C)(=O)=O)C/C4=N\O)cn3)CC2)CC1. The molecule has 0 aromatic carbocycles. The summed E-state index contributed by atoms with van der Waals surface area (Å²) in [4.78, 5) is 24.2. The highest BCUT2D eigenvalue weighted by molar-refractivity contribution is 7.88. The Hall–Kier alpha value is -2.67. The third kappa shape index (κ3) is 5.82. The quantitative estimate of drug-likeness (QED) is 0.467. The smallest absolute Gasteiger partial charge is 0.410 e. The molecule has 0 unspecified atom stereocenters. The molecule has 2 saturated heterocycles. The molecule has 0 spiro atoms. The largest absolute Gasteiger partial charge is 0.476 e. The Bertz CT molecular complexity index is 989. The molecule has 33 heavy (non-hydrogen) atoms. The maximum Gasteiger partial charge on any atom is 0.410 e. The number of amides is 1. The first kappa shape index (κ1) is 23.5. The van der Waals surface area contributed by atoms with Gasteiger partial charge in [-0.05, 0) is 38.5 Å². The van der Waals surface area contributed by atoms with Crippen molar-refractivity contribution in [1.82, 2.24) is 19.2 Å². The number of ether oxygens (including phenoxy) is 2. The molecule has 0 radical (unpaired) electrons. The van der Waals surface area contributed by atoms with Gasteiger partial charge in [-0.3, -0.25) is 0 Å². The van der Waals surface area contributed by atoms with Crippen molar-refractivity contribution in [1.29, 1.82) is 0 Å². The van der Waals surface area contributed by atoms with E-state index in [1.165, 1.54) is 16.7 Å². The summed E-state index contributed by atoms with van der Waals surface area (Å²) < 4.78 is 36.1. The summed E-state index contributed by atoms with van der Waals surface area (Å²) in [7, 11) is -3.38. The molecule has 4 rings (SSSR count). The molecule has 1 aromatic heterocycles. The maximum absolute atomic E-state index is 12.2. The lowest BCUT2D eigenvalue weighted by atomic mass is 9.98. The summed E-state index contributed by atoms with van der Waals surface area (Å²) in [6.07, 6.45) is 7.44. The normalized spacial score (nSPS) is 22.9. The molecule has 3 aliphatic rings. The zero-order valence-electron chi connectivity index (χ0n) is 18.9. The number of aromatic nitrogens is 2. The Balaban J connectivity index is 1.24. The molecule has 2 aliphatic heterocycles. The van der Waals surface area contributed by atoms with Gasteiger partial charge in [-0.25, -0.2) is 23.2 Å². The number of piperidine rings is 1. The molecule has 3 fully saturated rings. The highest BCUT2D eigenvalue weighted by Gasteiger charge is 2.43. The van der Waals surface area contributed by atoms with Gasteiger partial charge in [0.15, 0.2) is 11.7 Å². The second kappa shape index (κ2) is 9.29. The zero-order chi connectivity index (χ0) is 23.6. The number of carbonyl (C=O) groups excluding carboxylic acids is 1. The van der Waals surface area contributed by atoms with Crippen molar-refractivity contribution >= 4 is 27.8 Å². The summed E-state index contributed by atoms with van der Waals surface area (Å²) in [5, 5.41) is 12.6. The molecule has 1 aromatic rings. The molecule has 12 nitrogen and oxygen atoms in total. The maximum atomic E-state index is 12.2. The van der Waals surface area contributed by atoms with Gasteiger partial charge in [-0.1, -0.05) is 5.16 Å². The van der Waals surface area contributed by atoms with Crippen LogP contribution in [0.15, 0.2) is 17.5 Å². The summed E-state index contributed by atoms with van der Waals surface area (Å²) in [6, 6.07) is 0. The lowest BCUT2D eigenvalue weighted by Gasteiger charge is -2.34. The first-order chi connectivity index (χ1) is 15.7. The molecular formula is C20H30N6O6S. The number of hydrogen-bond acceptors (Lipinski definition) is 9. The monoisotopic (exact) mass is 482 g/mol. The van der Waals surface area contributed by atoms with Crippen LogP contribution in [-0.2, 0) is 14.8 Å². The molecule has 182 valence electrons. The number of piperazine rings is 1. The van der Waals surface area contributed by atoms with E-state index in [4.69, 9.17) is 9.47 Å². The van der Waals surface area contributed by atoms with E-state index in [-0.39, 0.29) is 30.6 Å². The number of carbonyl (C=O) groups is 1. The van der Waals surface area contributed by atoms with Gasteiger partial charge in [0, 0.05) is 26.2 Å². The number of nitrogens with zero attached hydrogens (tertiary/aromatic N) is 6. The fraction of sp³-hybridized carbons (Fsp3) is 0.700. The Morgan fingerprint density at radius 2 is 1.94 bits per heavy atom. The van der Waals surface area contributed by atoms with E-state index >= 15 is 0 Å². The van der Waals surface area contributed by atoms with Gasteiger partial charge in [0.05, 0.1) is 31.8 Å². The third-order valence-electron chi connectivity index (χ3n) is 6.31. The number of sulfonamides is 1. The molecule has 13 heteroatoms. The van der Waals surface area contributed by atoms with Crippen molar-refractivity contribution in [2.24, 2.45) is 11.1 Å². The molecule has 1 aliphatic carbocycles. The molecule has 3 heterocycles. The van der Waals surface area contributed by atoms with Crippen LogP contribution >= 0.6 is 0 Å². The Morgan fingerprint density at radius 3 is 2.52 bits per heavy atom. The Morgan fingerprint density at radius 1 is 1.21 bits per heavy atom. The van der Waals surface area contributed by atoms with Crippen molar-refractivity contribution in [3.63, 3.8) is 0 Å². The van der Waals surface area contributed by atoms with Crippen molar-refractivity contribution in [2.45, 2.75) is 38.2 Å². The topological polar surface area (TPSA) is 138 Å². The van der Waals surface area contributed by atoms with Gasteiger partial charge in [-0.2, -0.15) is 4.31 Å². The van der Waals surface area contributed by atoms with Crippen molar-refractivity contribution in [3.05, 3.63) is 12.4 Å². The Labute approximate surface area is 193 Å². The minimum absolute atomic E-state index is 0.0409. The fourth-order valence-electron chi connectivity index (χ4n) is 3.84. The molecule has 1 saturated carbocycles. The van der Waals surface area contributed by atoms with Crippen LogP contribution in [-0.4, -0.2) is 95.9 Å². The van der Waals surface area contributed by atoms with Gasteiger partial charge < -0.3 is 24.5 Å². The molecular weight excluding hydrogens is 452 g/mol. The summed E-state index contributed by atoms with van der Waals surface area (Å²) >= 11 is 0. The summed E-state index contributed by atoms with van der Waals surface area (Å²) in [5.41, 5.74) is -0.257. The minimum Gasteiger partial charge on any atom is -0.476 e. The first-order valence-electron chi connectivity index (χ1n) is 11.0. The predicted molar refractivity (Wildman–Crippen MR) is 119 cm³/mol. The average molecular weight is 483 g/mol. The number of rotatable bonds is 6. The highest BCUT2D eigenvalue weighted by Crippen LogP contribution is 2.39. The third-order valence-corrected chi connectivity index (χ3v) is 7.56. The number of amidine groups is 1. The fourth-order valence-corrected chi connectivity index (χ4v) is 4.60. The van der Waals surface area contributed by atoms with E-state index in [1.54, 1.807) is 9.80 Å². The van der Waals surface area contributed by atoms with Crippen LogP contribution < -0.4 is 9.64 Å². The lowest BCUT2D eigenvalue weighted by molar-refractivity contribution is 0.0454. The number of likely N-dealkylation sites (tertiary alicyclic amines) is 1. The van der Waals surface area contributed by atoms with Crippen molar-refractivity contribution in [3.8, 4) is 5.88 Å². The van der Waals surface area contributed by atoms with Crippen LogP contribution in [0.25, 0.3) is 0 Å². The molecule has 0 bridgehead atoms. The van der Waals surface area contributed by atoms with Crippen molar-refractivity contribution in [2.75, 3.05) is 50.5 Å². The van der Waals surface area contributed by atoms with Gasteiger partial charge >= 0.3 is 6.09 Å². The number of oxime groups is 1. The van der Waals surface area contributed by atoms with Crippen molar-refractivity contribution < 1.29 is 27.9 Å². The van der Waals surface area contributed by atoms with Gasteiger partial charge in [0.25, 0.3) is 0 Å². The van der Waals surface area contributed by atoms with E-state index in [9.17, 15) is 18.4 Å². The van der Waals surface area contributed by atoms with Gasteiger partial charge in [0.1, 0.15) is 5.60 Å². The number of anilines is 1. The van der Waals surface area contributed by atoms with Crippen LogP contribution in [0.5, 0.6) is 5.88 Å². The van der Waals surface area contributed by atoms with E-state index in [0.29, 0.717) is 43.9 Å². The van der Waals surface area contributed by atoms with Crippen LogP contribution in [0.4, 0.5) is 10.6 Å². The molecule has 1 N–H and O–H groups in total. The first-order valence-corrected chi connectivity index (χ1v) is 12.9. The predicted octanol–water partition coefficient (Wildman–Crippen LogP) is 1.13. The minimum atomic E-state index is -3.38. The van der Waals surface area contributed by atoms with E-state index in [1.807, 2.05) is 6.92 Å². The molecule has 1 amide bonds. The zero-order valence-corrected chi connectivity index (χ0v) is 19.7. The average Bonchev–Trinajstić information content (AvgIpc) is 3.53. The van der Waals surface area contributed by atoms with E-state index in [2.05, 4.69) is 15.1 Å². The highest BCUT2D eigenvalue weighted by atomic mass is 32.2. The Kier molecular flexibility index (Phi) is 6.61. The van der Waals surface area contributed by atoms with Crippen LogP contribution in [0, 0.1) is 5.92 Å². The molecule has 0 atom stereocenters. The lowest BCUT2D eigenvalue weighted by Crippen LogP contribution is -2.52. The van der Waals surface area contributed by atoms with Crippen LogP contribution in [0.3, 0.4) is 0 Å². The van der Waals surface area contributed by atoms with Crippen LogP contribution in [0.1, 0.15) is 32.6 Å². The number of hydrogen-bond donors (Lipinski definition) is 1. The van der Waals surface area contributed by atoms with Crippen LogP contribution in [0.2, 0.25) is 0 Å².